The molecule has 702 valence electrons. The number of anilines is 2. The minimum absolute atomic E-state index is 0.0106. The number of ether oxygens (including phenoxy) is 6. The quantitative estimate of drug-likeness (QED) is 0.0452. The molecule has 4 saturated heterocycles. The number of carbonyl (C=O) groups is 6. The molecule has 7 aromatic carbocycles. The molecule has 135 heavy (non-hydrogen) atoms. The SMILES string of the molecule is CC(C)(C)OC(=O)c1ccc(N2C(=O)[C@@H]3C[C@H]2C[C@@H]3OCc2c(-c3c(Cl)cccc3Cl)noc2C2CC2)cc1.COc1ccc(CN2C(=O)[C@@H]3C[C@H]2C[C@@H]3OCc2c(-c3c(Cl)cccc3Cl)noc2C2CC2)cc1.O=C(O)c1ccc(N2C(=O)[C@@H]3C[C@H]2C[C@@H]3OCc2c(-c3c(Cl)cccc3Cl)noc2C2CC2)cc1.O=C1N[C@@H]2C[C@H](OCc3c(-c4c(Cl)cccc4Cl)noc3C3CC3)[C@H]1C2. The van der Waals surface area contributed by atoms with E-state index in [4.69, 9.17) is 144 Å². The fourth-order valence-corrected chi connectivity index (χ4v) is 22.9. The van der Waals surface area contributed by atoms with Crippen molar-refractivity contribution in [2.45, 2.75) is 234 Å². The number of likely N-dealkylation sites (tertiary alicyclic amines) is 1. The average Bonchev–Trinajstić information content (AvgIpc) is 1.60. The van der Waals surface area contributed by atoms with Gasteiger partial charge in [-0.2, -0.15) is 0 Å². The number of methoxy groups -OCH3 is 1. The first-order valence-electron chi connectivity index (χ1n) is 45.9. The Labute approximate surface area is 818 Å². The number of carbonyl (C=O) groups excluding carboxylic acids is 5. The summed E-state index contributed by atoms with van der Waals surface area (Å²) >= 11 is 51.6. The van der Waals surface area contributed by atoms with Crippen molar-refractivity contribution in [3.05, 3.63) is 248 Å². The number of nitrogens with zero attached hydrogens (tertiary/aromatic N) is 7. The highest BCUT2D eigenvalue weighted by atomic mass is 35.5. The lowest BCUT2D eigenvalue weighted by molar-refractivity contribution is -0.142. The van der Waals surface area contributed by atoms with E-state index in [0.717, 1.165) is 158 Å². The number of hydrogen-bond acceptors (Lipinski definition) is 20. The van der Waals surface area contributed by atoms with Gasteiger partial charge in [0.05, 0.1) is 133 Å². The van der Waals surface area contributed by atoms with E-state index in [2.05, 4.69) is 25.9 Å². The molecule has 8 saturated carbocycles. The molecule has 12 aliphatic rings. The van der Waals surface area contributed by atoms with Crippen molar-refractivity contribution < 1.29 is 80.4 Å². The molecule has 12 fully saturated rings. The summed E-state index contributed by atoms with van der Waals surface area (Å²) in [5.74, 6) is 3.89. The van der Waals surface area contributed by atoms with E-state index in [0.29, 0.717) is 147 Å². The number of rotatable bonds is 27. The fourth-order valence-electron chi connectivity index (χ4n) is 20.5. The third kappa shape index (κ3) is 19.1. The van der Waals surface area contributed by atoms with E-state index in [1.807, 2.05) is 73.0 Å². The first kappa shape index (κ1) is 92.8. The Morgan fingerprint density at radius 1 is 0.407 bits per heavy atom. The number of hydrogen-bond donors (Lipinski definition) is 2. The van der Waals surface area contributed by atoms with E-state index in [9.17, 15) is 28.8 Å². The van der Waals surface area contributed by atoms with Gasteiger partial charge in [-0.25, -0.2) is 9.59 Å². The number of carboxylic acid groups (broad SMARTS) is 1. The number of piperidine rings is 4. The molecule has 23 rings (SSSR count). The maximum atomic E-state index is 13.4. The summed E-state index contributed by atoms with van der Waals surface area (Å²) in [7, 11) is 1.65. The highest BCUT2D eigenvalue weighted by Gasteiger charge is 2.56. The molecule has 4 aliphatic heterocycles. The van der Waals surface area contributed by atoms with Crippen LogP contribution in [-0.2, 0) is 75.8 Å². The average molecular weight is 1990 g/mol. The van der Waals surface area contributed by atoms with Gasteiger partial charge in [0.2, 0.25) is 23.6 Å². The molecule has 0 radical (unpaired) electrons. The van der Waals surface area contributed by atoms with E-state index >= 15 is 0 Å². The van der Waals surface area contributed by atoms with Gasteiger partial charge in [0.1, 0.15) is 57.2 Å². The predicted octanol–water partition coefficient (Wildman–Crippen LogP) is 23.7. The fraction of sp³-hybridized carbons (Fsp3) is 0.412. The van der Waals surface area contributed by atoms with Crippen molar-refractivity contribution in [2.24, 2.45) is 23.7 Å². The largest absolute Gasteiger partial charge is 0.497 e. The second-order valence-electron chi connectivity index (χ2n) is 38.0. The first-order valence-corrected chi connectivity index (χ1v) is 48.9. The highest BCUT2D eigenvalue weighted by molar-refractivity contribution is 6.41. The summed E-state index contributed by atoms with van der Waals surface area (Å²) in [6.07, 6.45) is 14.2. The molecular weight excluding hydrogens is 1890 g/mol. The molecule has 4 aromatic heterocycles. The van der Waals surface area contributed by atoms with Crippen LogP contribution < -0.4 is 19.9 Å². The zero-order valence-corrected chi connectivity index (χ0v) is 80.1. The Bertz CT molecular complexity index is 6300. The number of halogens is 8. The van der Waals surface area contributed by atoms with Crippen molar-refractivity contribution in [3.63, 3.8) is 0 Å². The van der Waals surface area contributed by atoms with Crippen molar-refractivity contribution in [2.75, 3.05) is 16.9 Å². The number of nitrogens with one attached hydrogen (secondary N) is 1. The van der Waals surface area contributed by atoms with E-state index in [1.165, 1.54) is 12.1 Å². The van der Waals surface area contributed by atoms with Gasteiger partial charge in [0.15, 0.2) is 0 Å². The van der Waals surface area contributed by atoms with Crippen LogP contribution in [0.1, 0.15) is 219 Å². The maximum absolute atomic E-state index is 13.4. The molecular formula is C102H96Cl8N8O17. The lowest BCUT2D eigenvalue weighted by Crippen LogP contribution is -2.43. The van der Waals surface area contributed by atoms with Crippen LogP contribution in [-0.4, -0.2) is 127 Å². The number of carboxylic acids is 1. The normalized spacial score (nSPS) is 23.8. The number of aromatic carboxylic acids is 1. The van der Waals surface area contributed by atoms with Gasteiger partial charge in [-0.15, -0.1) is 0 Å². The zero-order chi connectivity index (χ0) is 93.7. The van der Waals surface area contributed by atoms with Crippen molar-refractivity contribution in [3.8, 4) is 50.8 Å². The van der Waals surface area contributed by atoms with Crippen LogP contribution in [0.25, 0.3) is 45.0 Å². The standard InChI is InChI=1S/C30H30Cl2N2O5.C27H26Cl2N2O4.C26H22Cl2N2O5.C19H18Cl2N2O3/c1-30(2,3)38-29(36)17-9-11-18(12-10-17)34-19-13-20(28(34)35)24(14-19)37-15-21-26(33-39-27(21)16-7-8-16)25-22(31)5-4-6-23(25)32;1-33-18-9-5-15(6-10-18)13-31-17-11-19(27(31)32)23(12-17)34-14-20-25(30-35-26(20)16-7-8-16)24-21(28)3-2-4-22(24)29;27-19-2-1-3-20(28)22(19)23-18(24(35-29-23)13-4-5-13)12-34-21-11-16-10-17(21)25(31)30(16)15-8-6-14(7-9-15)26(32)33;20-13-2-1-3-14(21)16(13)17-12(18(26-23-17)9-4-5-9)8-25-15-7-10-6-11(15)19(24)22-10/h4-6,9-12,16,19-20,24H,7-8,13-15H2,1-3H3;2-6,9-10,16-17,19,23H,7-8,11-14H2,1H3;1-3,6-9,13,16-17,21H,4-5,10-12H2,(H,32,33);1-3,9-11,15H,4-8H2,(H,22,24)/t19-,20+,24-;17-,19+,23-;16-,17+,21-;10-,11+,15-/m0000/s1. The van der Waals surface area contributed by atoms with Crippen LogP contribution in [0.4, 0.5) is 11.4 Å². The molecule has 8 heterocycles. The summed E-state index contributed by atoms with van der Waals surface area (Å²) in [6.45, 7) is 7.33. The molecule has 8 aliphatic carbocycles. The van der Waals surface area contributed by atoms with Gasteiger partial charge in [-0.1, -0.05) is 150 Å². The third-order valence-electron chi connectivity index (χ3n) is 27.8. The van der Waals surface area contributed by atoms with Gasteiger partial charge >= 0.3 is 11.9 Å². The number of esters is 1. The Kier molecular flexibility index (Phi) is 26.5. The number of benzene rings is 7. The molecule has 11 aromatic rings. The molecule has 2 N–H and O–H groups in total. The predicted molar refractivity (Wildman–Crippen MR) is 508 cm³/mol. The molecule has 0 spiro atoms. The Balaban J connectivity index is 0.000000112. The zero-order valence-electron chi connectivity index (χ0n) is 74.1. The van der Waals surface area contributed by atoms with Crippen LogP contribution in [0.3, 0.4) is 0 Å². The van der Waals surface area contributed by atoms with Gasteiger partial charge in [-0.3, -0.25) is 19.2 Å². The van der Waals surface area contributed by atoms with E-state index < -0.39 is 11.6 Å². The Morgan fingerprint density at radius 2 is 0.733 bits per heavy atom. The second kappa shape index (κ2) is 38.5. The summed E-state index contributed by atoms with van der Waals surface area (Å²) in [5.41, 5.74) is 11.3. The number of amides is 4. The second-order valence-corrected chi connectivity index (χ2v) is 41.2. The van der Waals surface area contributed by atoms with Crippen molar-refractivity contribution in [1.82, 2.24) is 30.8 Å². The maximum Gasteiger partial charge on any atom is 0.338 e. The summed E-state index contributed by atoms with van der Waals surface area (Å²) in [6, 6.07) is 43.3. The van der Waals surface area contributed by atoms with Gasteiger partial charge in [0.25, 0.3) is 0 Å². The van der Waals surface area contributed by atoms with Crippen molar-refractivity contribution in [1.29, 1.82) is 0 Å². The van der Waals surface area contributed by atoms with Gasteiger partial charge in [-0.05, 0) is 238 Å². The van der Waals surface area contributed by atoms with E-state index in [1.54, 1.807) is 103 Å². The van der Waals surface area contributed by atoms with Crippen LogP contribution in [0.5, 0.6) is 5.75 Å². The number of aromatic nitrogens is 4. The lowest BCUT2D eigenvalue weighted by Gasteiger charge is -2.31. The molecule has 0 unspecified atom stereocenters. The smallest absolute Gasteiger partial charge is 0.338 e. The van der Waals surface area contributed by atoms with E-state index in [-0.39, 0.29) is 121 Å². The summed E-state index contributed by atoms with van der Waals surface area (Å²) < 4.78 is 58.9. The highest BCUT2D eigenvalue weighted by Crippen LogP contribution is 2.55. The molecule has 8 bridgehead atoms. The molecule has 25 nitrogen and oxygen atoms in total. The first-order chi connectivity index (χ1) is 65.2. The monoisotopic (exact) mass is 1980 g/mol. The summed E-state index contributed by atoms with van der Waals surface area (Å²) in [5, 5.41) is 33.5. The topological polar surface area (TPSA) is 304 Å². The molecule has 12 atom stereocenters. The van der Waals surface area contributed by atoms with Crippen LogP contribution in [0.2, 0.25) is 40.2 Å². The van der Waals surface area contributed by atoms with Crippen LogP contribution in [0, 0.1) is 23.7 Å². The van der Waals surface area contributed by atoms with Gasteiger partial charge in [0, 0.05) is 110 Å². The lowest BCUT2D eigenvalue weighted by atomic mass is 10.0. The number of fused-ring (bicyclic) bond motifs is 8. The minimum atomic E-state index is -0.990. The van der Waals surface area contributed by atoms with Gasteiger partial charge < -0.3 is 71.6 Å². The minimum Gasteiger partial charge on any atom is -0.497 e. The molecule has 4 amide bonds. The summed E-state index contributed by atoms with van der Waals surface area (Å²) in [4.78, 5) is 80.8. The Morgan fingerprint density at radius 3 is 1.04 bits per heavy atom. The Hall–Kier alpha value is -9.84. The van der Waals surface area contributed by atoms with Crippen LogP contribution in [0.15, 0.2) is 164 Å². The third-order valence-corrected chi connectivity index (χ3v) is 30.3. The van der Waals surface area contributed by atoms with Crippen molar-refractivity contribution >= 4 is 140 Å². The van der Waals surface area contributed by atoms with Crippen LogP contribution >= 0.6 is 92.8 Å². The molecule has 33 heteroatoms.